The average molecular weight is 383 g/mol. The highest BCUT2D eigenvalue weighted by Gasteiger charge is 2.54. The smallest absolute Gasteiger partial charge is 0.267 e. The van der Waals surface area contributed by atoms with Crippen LogP contribution in [0.5, 0.6) is 0 Å². The molecule has 5 rings (SSSR count). The van der Waals surface area contributed by atoms with Crippen molar-refractivity contribution in [1.82, 2.24) is 25.0 Å². The molecule has 0 bridgehead atoms. The number of nitrogens with zero attached hydrogens (tertiary/aromatic N) is 5. The second-order valence-corrected chi connectivity index (χ2v) is 7.48. The van der Waals surface area contributed by atoms with Gasteiger partial charge in [-0.3, -0.25) is 4.79 Å². The van der Waals surface area contributed by atoms with E-state index in [1.165, 1.54) is 0 Å². The van der Waals surface area contributed by atoms with Gasteiger partial charge in [-0.25, -0.2) is 14.7 Å². The number of carbonyl (C=O) groups excluding carboxylic acids is 1. The van der Waals surface area contributed by atoms with Crippen molar-refractivity contribution in [2.75, 3.05) is 14.1 Å². The predicted molar refractivity (Wildman–Crippen MR) is 111 cm³/mol. The molecule has 0 saturated heterocycles. The summed E-state index contributed by atoms with van der Waals surface area (Å²) in [6.45, 7) is 0. The van der Waals surface area contributed by atoms with Gasteiger partial charge in [0.05, 0.1) is 5.52 Å². The number of carbonyl (C=O) groups is 1. The SMILES string of the molecule is CN(C)N1C(=O)c2ccccc2C1(Cc1ccccc1)n1nnc2ccccc21. The number of fused-ring (bicyclic) bond motifs is 2. The van der Waals surface area contributed by atoms with E-state index >= 15 is 0 Å². The van der Waals surface area contributed by atoms with Crippen LogP contribution in [0, 0.1) is 0 Å². The van der Waals surface area contributed by atoms with E-state index in [0.717, 1.165) is 22.2 Å². The van der Waals surface area contributed by atoms with Gasteiger partial charge in [0.15, 0.2) is 5.66 Å². The minimum Gasteiger partial charge on any atom is -0.267 e. The van der Waals surface area contributed by atoms with Gasteiger partial charge in [-0.15, -0.1) is 5.10 Å². The van der Waals surface area contributed by atoms with Gasteiger partial charge in [0.25, 0.3) is 5.91 Å². The fourth-order valence-electron chi connectivity index (χ4n) is 4.40. The zero-order valence-electron chi connectivity index (χ0n) is 16.4. The first-order chi connectivity index (χ1) is 14.1. The van der Waals surface area contributed by atoms with E-state index in [1.807, 2.05) is 90.5 Å². The summed E-state index contributed by atoms with van der Waals surface area (Å²) in [6.07, 6.45) is 0.572. The van der Waals surface area contributed by atoms with Gasteiger partial charge in [0, 0.05) is 31.6 Å². The Balaban J connectivity index is 1.86. The molecule has 2 heterocycles. The maximum atomic E-state index is 13.5. The number of amides is 1. The zero-order chi connectivity index (χ0) is 20.0. The first-order valence-electron chi connectivity index (χ1n) is 9.59. The van der Waals surface area contributed by atoms with Crippen molar-refractivity contribution < 1.29 is 4.79 Å². The van der Waals surface area contributed by atoms with E-state index in [1.54, 1.807) is 5.01 Å². The van der Waals surface area contributed by atoms with E-state index in [-0.39, 0.29) is 5.91 Å². The first-order valence-corrected chi connectivity index (χ1v) is 9.59. The molecule has 0 N–H and O–H groups in total. The molecule has 1 atom stereocenters. The van der Waals surface area contributed by atoms with Crippen LogP contribution in [0.3, 0.4) is 0 Å². The third kappa shape index (κ3) is 2.49. The van der Waals surface area contributed by atoms with E-state index in [4.69, 9.17) is 0 Å². The maximum Gasteiger partial charge on any atom is 0.271 e. The predicted octanol–water partition coefficient (Wildman–Crippen LogP) is 3.31. The van der Waals surface area contributed by atoms with E-state index < -0.39 is 5.66 Å². The molecular formula is C23H21N5O. The van der Waals surface area contributed by atoms with Crippen LogP contribution in [0.25, 0.3) is 11.0 Å². The summed E-state index contributed by atoms with van der Waals surface area (Å²) in [4.78, 5) is 13.5. The largest absolute Gasteiger partial charge is 0.271 e. The number of hydrogen-bond acceptors (Lipinski definition) is 4. The Hall–Kier alpha value is -3.51. The highest BCUT2D eigenvalue weighted by atomic mass is 16.2. The Morgan fingerprint density at radius 1 is 0.897 bits per heavy atom. The second kappa shape index (κ2) is 6.53. The van der Waals surface area contributed by atoms with Crippen LogP contribution in [-0.2, 0) is 12.1 Å². The molecule has 0 fully saturated rings. The van der Waals surface area contributed by atoms with E-state index in [0.29, 0.717) is 12.0 Å². The molecular weight excluding hydrogens is 362 g/mol. The maximum absolute atomic E-state index is 13.5. The van der Waals surface area contributed by atoms with Crippen LogP contribution in [0.4, 0.5) is 0 Å². The lowest BCUT2D eigenvalue weighted by molar-refractivity contribution is -0.0607. The Morgan fingerprint density at radius 3 is 2.38 bits per heavy atom. The van der Waals surface area contributed by atoms with Gasteiger partial charge >= 0.3 is 0 Å². The van der Waals surface area contributed by atoms with Gasteiger partial charge in [-0.2, -0.15) is 0 Å². The van der Waals surface area contributed by atoms with Gasteiger partial charge in [0.1, 0.15) is 5.52 Å². The molecule has 29 heavy (non-hydrogen) atoms. The molecule has 1 aliphatic rings. The lowest BCUT2D eigenvalue weighted by atomic mass is 9.91. The summed E-state index contributed by atoms with van der Waals surface area (Å²) in [6, 6.07) is 25.9. The molecule has 1 unspecified atom stereocenters. The third-order valence-electron chi connectivity index (χ3n) is 5.53. The lowest BCUT2D eigenvalue weighted by Crippen LogP contribution is -2.56. The van der Waals surface area contributed by atoms with Crippen molar-refractivity contribution in [2.24, 2.45) is 0 Å². The molecule has 3 aromatic carbocycles. The van der Waals surface area contributed by atoms with E-state index in [9.17, 15) is 4.79 Å². The minimum absolute atomic E-state index is 0.0406. The Labute approximate surface area is 168 Å². The minimum atomic E-state index is -0.853. The first kappa shape index (κ1) is 17.6. The molecule has 1 aliphatic heterocycles. The van der Waals surface area contributed by atoms with Crippen LogP contribution in [0.15, 0.2) is 78.9 Å². The number of benzene rings is 3. The lowest BCUT2D eigenvalue weighted by Gasteiger charge is -2.42. The molecule has 0 aliphatic carbocycles. The number of hydrazine groups is 1. The molecule has 0 saturated carbocycles. The molecule has 144 valence electrons. The zero-order valence-corrected chi connectivity index (χ0v) is 16.4. The number of aromatic nitrogens is 3. The number of rotatable bonds is 4. The quantitative estimate of drug-likeness (QED) is 0.543. The van der Waals surface area contributed by atoms with Crippen molar-refractivity contribution in [3.63, 3.8) is 0 Å². The van der Waals surface area contributed by atoms with Crippen molar-refractivity contribution in [3.8, 4) is 0 Å². The Bertz CT molecular complexity index is 1200. The van der Waals surface area contributed by atoms with Crippen molar-refractivity contribution >= 4 is 16.9 Å². The highest BCUT2D eigenvalue weighted by molar-refractivity contribution is 6.00. The Kier molecular flexibility index (Phi) is 3.96. The van der Waals surface area contributed by atoms with Crippen LogP contribution < -0.4 is 0 Å². The fraction of sp³-hybridized carbons (Fsp3) is 0.174. The molecule has 6 nitrogen and oxygen atoms in total. The molecule has 6 heteroatoms. The summed E-state index contributed by atoms with van der Waals surface area (Å²) < 4.78 is 1.90. The van der Waals surface area contributed by atoms with Crippen molar-refractivity contribution in [1.29, 1.82) is 0 Å². The molecule has 1 amide bonds. The normalized spacial score (nSPS) is 18.6. The second-order valence-electron chi connectivity index (χ2n) is 7.48. The Morgan fingerprint density at radius 2 is 1.59 bits per heavy atom. The molecule has 0 spiro atoms. The third-order valence-corrected chi connectivity index (χ3v) is 5.53. The van der Waals surface area contributed by atoms with E-state index in [2.05, 4.69) is 22.4 Å². The van der Waals surface area contributed by atoms with Crippen LogP contribution in [-0.4, -0.2) is 45.0 Å². The topological polar surface area (TPSA) is 54.3 Å². The monoisotopic (exact) mass is 383 g/mol. The summed E-state index contributed by atoms with van der Waals surface area (Å²) >= 11 is 0. The highest BCUT2D eigenvalue weighted by Crippen LogP contribution is 2.44. The van der Waals surface area contributed by atoms with Gasteiger partial charge < -0.3 is 0 Å². The summed E-state index contributed by atoms with van der Waals surface area (Å²) in [5.41, 5.74) is 3.57. The van der Waals surface area contributed by atoms with Gasteiger partial charge in [-0.1, -0.05) is 65.9 Å². The van der Waals surface area contributed by atoms with Crippen molar-refractivity contribution in [2.45, 2.75) is 12.1 Å². The van der Waals surface area contributed by atoms with Crippen LogP contribution in [0.2, 0.25) is 0 Å². The summed E-state index contributed by atoms with van der Waals surface area (Å²) in [5, 5.41) is 12.6. The van der Waals surface area contributed by atoms with Crippen molar-refractivity contribution in [3.05, 3.63) is 95.6 Å². The van der Waals surface area contributed by atoms with Crippen LogP contribution in [0.1, 0.15) is 21.5 Å². The van der Waals surface area contributed by atoms with Gasteiger partial charge in [-0.05, 0) is 23.8 Å². The molecule has 1 aromatic heterocycles. The van der Waals surface area contributed by atoms with Gasteiger partial charge in [0.2, 0.25) is 0 Å². The number of hydrogen-bond donors (Lipinski definition) is 0. The van der Waals surface area contributed by atoms with Crippen LogP contribution >= 0.6 is 0 Å². The standard InChI is InChI=1S/C23H21N5O/c1-26(2)28-22(29)18-12-6-7-13-19(18)23(28,16-17-10-4-3-5-11-17)27-21-15-9-8-14-20(21)24-25-27/h3-15H,16H2,1-2H3. The average Bonchev–Trinajstić information content (AvgIpc) is 3.27. The summed E-state index contributed by atoms with van der Waals surface area (Å²) in [7, 11) is 3.78. The molecule has 0 radical (unpaired) electrons. The molecule has 4 aromatic rings. The summed E-state index contributed by atoms with van der Waals surface area (Å²) in [5.74, 6) is -0.0406. The fourth-order valence-corrected chi connectivity index (χ4v) is 4.40. The number of para-hydroxylation sites is 1.